The average molecular weight is 264 g/mol. The molecule has 0 fully saturated rings. The predicted octanol–water partition coefficient (Wildman–Crippen LogP) is 1.71. The van der Waals surface area contributed by atoms with Gasteiger partial charge in [-0.25, -0.2) is 4.79 Å². The van der Waals surface area contributed by atoms with Crippen molar-refractivity contribution >= 4 is 17.6 Å². The van der Waals surface area contributed by atoms with Crippen LogP contribution in [0.3, 0.4) is 0 Å². The molecule has 0 aliphatic heterocycles. The summed E-state index contributed by atoms with van der Waals surface area (Å²) >= 11 is 0. The van der Waals surface area contributed by atoms with Crippen LogP contribution in [0.2, 0.25) is 0 Å². The fourth-order valence-electron chi connectivity index (χ4n) is 1.74. The van der Waals surface area contributed by atoms with Gasteiger partial charge in [0, 0.05) is 11.6 Å². The molecule has 1 amide bonds. The molecule has 1 rings (SSSR count). The Morgan fingerprint density at radius 3 is 2.68 bits per heavy atom. The highest BCUT2D eigenvalue weighted by Crippen LogP contribution is 2.20. The van der Waals surface area contributed by atoms with Crippen LogP contribution in [0.5, 0.6) is 0 Å². The van der Waals surface area contributed by atoms with E-state index in [0.29, 0.717) is 29.8 Å². The Kier molecular flexibility index (Phi) is 5.51. The number of carbonyl (C=O) groups excluding carboxylic acids is 2. The van der Waals surface area contributed by atoms with Crippen LogP contribution < -0.4 is 11.1 Å². The lowest BCUT2D eigenvalue weighted by molar-refractivity contribution is -0.119. The van der Waals surface area contributed by atoms with E-state index in [1.165, 1.54) is 7.11 Å². The Balaban J connectivity index is 2.90. The van der Waals surface area contributed by atoms with Crippen LogP contribution in [0.1, 0.15) is 29.3 Å². The molecule has 0 radical (unpaired) electrons. The van der Waals surface area contributed by atoms with Crippen LogP contribution in [-0.4, -0.2) is 25.5 Å². The number of esters is 1. The van der Waals surface area contributed by atoms with E-state index in [4.69, 9.17) is 10.5 Å². The van der Waals surface area contributed by atoms with Gasteiger partial charge < -0.3 is 15.8 Å². The third-order valence-electron chi connectivity index (χ3n) is 3.04. The fourth-order valence-corrected chi connectivity index (χ4v) is 1.74. The average Bonchev–Trinajstić information content (AvgIpc) is 2.40. The number of benzene rings is 1. The number of carbonyl (C=O) groups is 2. The van der Waals surface area contributed by atoms with Crippen molar-refractivity contribution in [2.75, 3.05) is 19.0 Å². The lowest BCUT2D eigenvalue weighted by Gasteiger charge is -2.14. The van der Waals surface area contributed by atoms with Gasteiger partial charge in [0.1, 0.15) is 0 Å². The highest BCUT2D eigenvalue weighted by molar-refractivity contribution is 5.97. The summed E-state index contributed by atoms with van der Waals surface area (Å²) in [5.41, 5.74) is 7.20. The van der Waals surface area contributed by atoms with Gasteiger partial charge in [0.15, 0.2) is 0 Å². The Bertz CT molecular complexity index is 472. The SMILES string of the molecule is COC(=O)c1cccc(NC(=O)C(C)CCN)c1C. The van der Waals surface area contributed by atoms with E-state index in [9.17, 15) is 9.59 Å². The normalized spacial score (nSPS) is 11.8. The molecule has 0 saturated heterocycles. The van der Waals surface area contributed by atoms with Gasteiger partial charge in [0.05, 0.1) is 12.7 Å². The number of hydrogen-bond donors (Lipinski definition) is 2. The van der Waals surface area contributed by atoms with Crippen molar-refractivity contribution < 1.29 is 14.3 Å². The first kappa shape index (κ1) is 15.2. The first-order valence-corrected chi connectivity index (χ1v) is 6.20. The molecule has 5 heteroatoms. The molecule has 3 N–H and O–H groups in total. The molecule has 0 aliphatic rings. The van der Waals surface area contributed by atoms with Crippen molar-refractivity contribution in [2.24, 2.45) is 11.7 Å². The first-order valence-electron chi connectivity index (χ1n) is 6.20. The molecule has 1 unspecified atom stereocenters. The van der Waals surface area contributed by atoms with Gasteiger partial charge >= 0.3 is 5.97 Å². The van der Waals surface area contributed by atoms with Gasteiger partial charge in [-0.2, -0.15) is 0 Å². The first-order chi connectivity index (χ1) is 9.01. The van der Waals surface area contributed by atoms with Gasteiger partial charge in [-0.15, -0.1) is 0 Å². The van der Waals surface area contributed by atoms with Crippen LogP contribution in [0.15, 0.2) is 18.2 Å². The van der Waals surface area contributed by atoms with E-state index >= 15 is 0 Å². The maximum Gasteiger partial charge on any atom is 0.338 e. The molecule has 0 saturated carbocycles. The van der Waals surface area contributed by atoms with Gasteiger partial charge in [-0.05, 0) is 37.6 Å². The largest absolute Gasteiger partial charge is 0.465 e. The molecule has 0 aromatic heterocycles. The molecule has 1 atom stereocenters. The number of nitrogens with one attached hydrogen (secondary N) is 1. The molecular weight excluding hydrogens is 244 g/mol. The zero-order valence-corrected chi connectivity index (χ0v) is 11.5. The van der Waals surface area contributed by atoms with Crippen molar-refractivity contribution in [1.82, 2.24) is 0 Å². The van der Waals surface area contributed by atoms with Gasteiger partial charge in [0.2, 0.25) is 5.91 Å². The third-order valence-corrected chi connectivity index (χ3v) is 3.04. The molecule has 0 heterocycles. The summed E-state index contributed by atoms with van der Waals surface area (Å²) in [6.07, 6.45) is 0.627. The molecule has 5 nitrogen and oxygen atoms in total. The van der Waals surface area contributed by atoms with Gasteiger partial charge in [0.25, 0.3) is 0 Å². The van der Waals surface area contributed by atoms with Crippen LogP contribution in [-0.2, 0) is 9.53 Å². The third kappa shape index (κ3) is 3.79. The fraction of sp³-hybridized carbons (Fsp3) is 0.429. The second-order valence-electron chi connectivity index (χ2n) is 4.44. The summed E-state index contributed by atoms with van der Waals surface area (Å²) in [5, 5.41) is 2.81. The number of amides is 1. The van der Waals surface area contributed by atoms with E-state index in [2.05, 4.69) is 5.32 Å². The zero-order chi connectivity index (χ0) is 14.4. The molecule has 1 aromatic carbocycles. The molecule has 0 bridgehead atoms. The highest BCUT2D eigenvalue weighted by Gasteiger charge is 2.16. The molecule has 1 aromatic rings. The molecule has 19 heavy (non-hydrogen) atoms. The summed E-state index contributed by atoms with van der Waals surface area (Å²) in [5.74, 6) is -0.676. The Morgan fingerprint density at radius 1 is 1.42 bits per heavy atom. The van der Waals surface area contributed by atoms with Crippen LogP contribution in [0, 0.1) is 12.8 Å². The van der Waals surface area contributed by atoms with Crippen LogP contribution >= 0.6 is 0 Å². The number of ether oxygens (including phenoxy) is 1. The standard InChI is InChI=1S/C14H20N2O3/c1-9(7-8-15)13(17)16-12-6-4-5-11(10(12)2)14(18)19-3/h4-6,9H,7-8,15H2,1-3H3,(H,16,17). The summed E-state index contributed by atoms with van der Waals surface area (Å²) < 4.78 is 4.69. The van der Waals surface area contributed by atoms with Gasteiger partial charge in [-0.3, -0.25) is 4.79 Å². The lowest BCUT2D eigenvalue weighted by atomic mass is 10.0. The van der Waals surface area contributed by atoms with E-state index in [1.54, 1.807) is 25.1 Å². The number of nitrogens with two attached hydrogens (primary N) is 1. The number of rotatable bonds is 5. The highest BCUT2D eigenvalue weighted by atomic mass is 16.5. The molecule has 0 spiro atoms. The van der Waals surface area contributed by atoms with Crippen molar-refractivity contribution in [2.45, 2.75) is 20.3 Å². The summed E-state index contributed by atoms with van der Waals surface area (Å²) in [6.45, 7) is 4.06. The molecule has 104 valence electrons. The summed E-state index contributed by atoms with van der Waals surface area (Å²) in [4.78, 5) is 23.5. The minimum absolute atomic E-state index is 0.101. The number of methoxy groups -OCH3 is 1. The Labute approximate surface area is 113 Å². The predicted molar refractivity (Wildman–Crippen MR) is 74.0 cm³/mol. The minimum Gasteiger partial charge on any atom is -0.465 e. The van der Waals surface area contributed by atoms with Crippen LogP contribution in [0.4, 0.5) is 5.69 Å². The monoisotopic (exact) mass is 264 g/mol. The topological polar surface area (TPSA) is 81.4 Å². The van der Waals surface area contributed by atoms with Crippen molar-refractivity contribution in [1.29, 1.82) is 0 Å². The minimum atomic E-state index is -0.413. The van der Waals surface area contributed by atoms with E-state index < -0.39 is 5.97 Å². The maximum absolute atomic E-state index is 11.9. The van der Waals surface area contributed by atoms with Crippen molar-refractivity contribution in [3.05, 3.63) is 29.3 Å². The summed E-state index contributed by atoms with van der Waals surface area (Å²) in [6, 6.07) is 5.14. The van der Waals surface area contributed by atoms with Crippen molar-refractivity contribution in [3.8, 4) is 0 Å². The second-order valence-corrected chi connectivity index (χ2v) is 4.44. The maximum atomic E-state index is 11.9. The second kappa shape index (κ2) is 6.89. The zero-order valence-electron chi connectivity index (χ0n) is 11.5. The van der Waals surface area contributed by atoms with E-state index in [1.807, 2.05) is 6.92 Å². The molecule has 0 aliphatic carbocycles. The quantitative estimate of drug-likeness (QED) is 0.793. The number of hydrogen-bond acceptors (Lipinski definition) is 4. The lowest BCUT2D eigenvalue weighted by Crippen LogP contribution is -2.23. The van der Waals surface area contributed by atoms with E-state index in [-0.39, 0.29) is 11.8 Å². The molecular formula is C14H20N2O3. The smallest absolute Gasteiger partial charge is 0.338 e. The van der Waals surface area contributed by atoms with Crippen molar-refractivity contribution in [3.63, 3.8) is 0 Å². The van der Waals surface area contributed by atoms with E-state index in [0.717, 1.165) is 0 Å². The Morgan fingerprint density at radius 2 is 2.11 bits per heavy atom. The number of anilines is 1. The summed E-state index contributed by atoms with van der Waals surface area (Å²) in [7, 11) is 1.33. The Hall–Kier alpha value is -1.88. The van der Waals surface area contributed by atoms with Gasteiger partial charge in [-0.1, -0.05) is 13.0 Å². The van der Waals surface area contributed by atoms with Crippen LogP contribution in [0.25, 0.3) is 0 Å².